The van der Waals surface area contributed by atoms with Crippen molar-refractivity contribution in [2.75, 3.05) is 32.2 Å². The third-order valence-corrected chi connectivity index (χ3v) is 7.83. The molecule has 2 aliphatic rings. The SMILES string of the molecule is C/C=C\CC(OC)/C(=C(\C)OC)S(=O)N1CCC(N2C(=O)OCc3cc(C)ccc32)CC1. The molecular weight excluding hydrogens is 428 g/mol. The van der Waals surface area contributed by atoms with E-state index in [0.717, 1.165) is 16.8 Å². The smallest absolute Gasteiger partial charge is 0.414 e. The summed E-state index contributed by atoms with van der Waals surface area (Å²) in [6, 6.07) is 6.10. The van der Waals surface area contributed by atoms with Gasteiger partial charge in [0.1, 0.15) is 23.4 Å². The molecule has 7 nitrogen and oxygen atoms in total. The first kappa shape index (κ1) is 24.5. The summed E-state index contributed by atoms with van der Waals surface area (Å²) in [6.45, 7) is 7.32. The van der Waals surface area contributed by atoms with Crippen LogP contribution in [0.5, 0.6) is 0 Å². The molecule has 8 heteroatoms. The number of benzene rings is 1. The quantitative estimate of drug-likeness (QED) is 0.422. The number of amides is 1. The third-order valence-electron chi connectivity index (χ3n) is 6.07. The Balaban J connectivity index is 1.75. The van der Waals surface area contributed by atoms with Gasteiger partial charge in [0.15, 0.2) is 0 Å². The molecule has 1 aromatic rings. The summed E-state index contributed by atoms with van der Waals surface area (Å²) in [5.41, 5.74) is 3.10. The molecule has 2 aliphatic heterocycles. The van der Waals surface area contributed by atoms with E-state index in [1.165, 1.54) is 0 Å². The molecule has 1 aromatic carbocycles. The fourth-order valence-electron chi connectivity index (χ4n) is 4.26. The van der Waals surface area contributed by atoms with Gasteiger partial charge in [-0.25, -0.2) is 13.3 Å². The fourth-order valence-corrected chi connectivity index (χ4v) is 5.82. The van der Waals surface area contributed by atoms with Crippen molar-refractivity contribution < 1.29 is 23.2 Å². The summed E-state index contributed by atoms with van der Waals surface area (Å²) < 4.78 is 32.0. The van der Waals surface area contributed by atoms with Crippen molar-refractivity contribution >= 4 is 22.8 Å². The number of aryl methyl sites for hydroxylation is 1. The molecule has 1 saturated heterocycles. The van der Waals surface area contributed by atoms with Gasteiger partial charge in [-0.2, -0.15) is 0 Å². The molecule has 3 rings (SSSR count). The zero-order valence-corrected chi connectivity index (χ0v) is 20.4. The average Bonchev–Trinajstić information content (AvgIpc) is 2.81. The molecule has 1 amide bonds. The highest BCUT2D eigenvalue weighted by Gasteiger charge is 2.36. The summed E-state index contributed by atoms with van der Waals surface area (Å²) in [6.07, 6.45) is 5.37. The molecule has 0 aliphatic carbocycles. The van der Waals surface area contributed by atoms with Crippen LogP contribution in [0.25, 0.3) is 0 Å². The zero-order chi connectivity index (χ0) is 23.3. The minimum Gasteiger partial charge on any atom is -0.500 e. The lowest BCUT2D eigenvalue weighted by atomic mass is 10.0. The normalized spacial score (nSPS) is 20.5. The first-order chi connectivity index (χ1) is 15.4. The van der Waals surface area contributed by atoms with Gasteiger partial charge in [-0.05, 0) is 46.1 Å². The van der Waals surface area contributed by atoms with E-state index in [4.69, 9.17) is 14.2 Å². The number of allylic oxidation sites excluding steroid dienone is 2. The number of cyclic esters (lactones) is 1. The van der Waals surface area contributed by atoms with E-state index in [2.05, 4.69) is 6.07 Å². The maximum Gasteiger partial charge on any atom is 0.414 e. The van der Waals surface area contributed by atoms with Gasteiger partial charge in [0.05, 0.1) is 23.8 Å². The van der Waals surface area contributed by atoms with Crippen molar-refractivity contribution in [3.05, 3.63) is 52.1 Å². The Morgan fingerprint density at radius 2 is 2.03 bits per heavy atom. The van der Waals surface area contributed by atoms with Crippen LogP contribution in [0.1, 0.15) is 44.2 Å². The Hall–Kier alpha value is -2.16. The van der Waals surface area contributed by atoms with Crippen molar-refractivity contribution in [1.82, 2.24) is 4.31 Å². The van der Waals surface area contributed by atoms with Gasteiger partial charge in [-0.1, -0.05) is 29.8 Å². The second kappa shape index (κ2) is 11.1. The predicted molar refractivity (Wildman–Crippen MR) is 127 cm³/mol. The fraction of sp³-hybridized carbons (Fsp3) is 0.542. The summed E-state index contributed by atoms with van der Waals surface area (Å²) >= 11 is 0. The average molecular weight is 463 g/mol. The Labute approximate surface area is 193 Å². The van der Waals surface area contributed by atoms with E-state index < -0.39 is 11.0 Å². The highest BCUT2D eigenvalue weighted by atomic mass is 32.2. The molecule has 0 radical (unpaired) electrons. The Kier molecular flexibility index (Phi) is 8.51. The van der Waals surface area contributed by atoms with Gasteiger partial charge in [0.25, 0.3) is 0 Å². The monoisotopic (exact) mass is 462 g/mol. The number of rotatable bonds is 8. The van der Waals surface area contributed by atoms with E-state index in [-0.39, 0.29) is 18.2 Å². The number of nitrogens with zero attached hydrogens (tertiary/aromatic N) is 2. The molecule has 0 N–H and O–H groups in total. The van der Waals surface area contributed by atoms with Gasteiger partial charge < -0.3 is 14.2 Å². The van der Waals surface area contributed by atoms with Crippen LogP contribution in [-0.4, -0.2) is 54.1 Å². The van der Waals surface area contributed by atoms with Crippen molar-refractivity contribution in [1.29, 1.82) is 0 Å². The highest BCUT2D eigenvalue weighted by Crippen LogP contribution is 2.33. The number of hydrogen-bond donors (Lipinski definition) is 0. The standard InChI is InChI=1S/C24H34N2O5S/c1-6-7-8-22(30-5)23(18(3)29-4)32(28)25-13-11-20(12-14-25)26-21-10-9-17(2)15-19(21)16-31-24(26)27/h6-7,9-10,15,20,22H,8,11-14,16H2,1-5H3/b7-6-,23-18-. The van der Waals surface area contributed by atoms with Crippen LogP contribution in [0.4, 0.5) is 10.5 Å². The van der Waals surface area contributed by atoms with E-state index in [0.29, 0.717) is 49.6 Å². The summed E-state index contributed by atoms with van der Waals surface area (Å²) in [5.74, 6) is 0.616. The summed E-state index contributed by atoms with van der Waals surface area (Å²) in [5, 5.41) is 0. The van der Waals surface area contributed by atoms with Gasteiger partial charge >= 0.3 is 6.09 Å². The third kappa shape index (κ3) is 5.24. The molecule has 176 valence electrons. The van der Waals surface area contributed by atoms with Crippen molar-refractivity contribution in [2.24, 2.45) is 0 Å². The van der Waals surface area contributed by atoms with Crippen LogP contribution >= 0.6 is 0 Å². The molecule has 0 aromatic heterocycles. The Morgan fingerprint density at radius 3 is 2.66 bits per heavy atom. The molecule has 0 spiro atoms. The van der Waals surface area contributed by atoms with Gasteiger partial charge in [-0.3, -0.25) is 4.90 Å². The lowest BCUT2D eigenvalue weighted by Gasteiger charge is -2.40. The van der Waals surface area contributed by atoms with E-state index in [1.54, 1.807) is 19.1 Å². The van der Waals surface area contributed by atoms with E-state index in [9.17, 15) is 9.00 Å². The minimum atomic E-state index is -1.39. The first-order valence-electron chi connectivity index (χ1n) is 11.0. The Morgan fingerprint density at radius 1 is 1.31 bits per heavy atom. The van der Waals surface area contributed by atoms with Gasteiger partial charge in [-0.15, -0.1) is 0 Å². The number of fused-ring (bicyclic) bond motifs is 1. The van der Waals surface area contributed by atoms with Crippen LogP contribution in [-0.2, 0) is 31.8 Å². The van der Waals surface area contributed by atoms with Crippen molar-refractivity contribution in [2.45, 2.75) is 58.8 Å². The lowest BCUT2D eigenvalue weighted by molar-refractivity contribution is 0.133. The zero-order valence-electron chi connectivity index (χ0n) is 19.6. The maximum atomic E-state index is 13.5. The number of ether oxygens (including phenoxy) is 3. The molecule has 32 heavy (non-hydrogen) atoms. The second-order valence-electron chi connectivity index (χ2n) is 8.12. The van der Waals surface area contributed by atoms with Crippen LogP contribution < -0.4 is 4.90 Å². The van der Waals surface area contributed by atoms with Gasteiger partial charge in [0, 0.05) is 31.8 Å². The van der Waals surface area contributed by atoms with Crippen molar-refractivity contribution in [3.8, 4) is 0 Å². The first-order valence-corrected chi connectivity index (χ1v) is 12.1. The summed E-state index contributed by atoms with van der Waals surface area (Å²) in [7, 11) is 1.82. The number of hydrogen-bond acceptors (Lipinski definition) is 5. The Bertz CT molecular complexity index is 906. The van der Waals surface area contributed by atoms with Crippen LogP contribution in [0.15, 0.2) is 41.0 Å². The number of carbonyl (C=O) groups is 1. The number of methoxy groups -OCH3 is 2. The molecule has 0 bridgehead atoms. The number of carbonyl (C=O) groups excluding carboxylic acids is 1. The minimum absolute atomic E-state index is 0.00899. The topological polar surface area (TPSA) is 68.3 Å². The molecule has 1 fully saturated rings. The van der Waals surface area contributed by atoms with Gasteiger partial charge in [0.2, 0.25) is 0 Å². The summed E-state index contributed by atoms with van der Waals surface area (Å²) in [4.78, 5) is 15.0. The van der Waals surface area contributed by atoms with Crippen LogP contribution in [0.2, 0.25) is 0 Å². The van der Waals surface area contributed by atoms with E-state index in [1.807, 2.05) is 49.4 Å². The number of piperidine rings is 1. The molecule has 2 unspecified atom stereocenters. The number of anilines is 1. The predicted octanol–water partition coefficient (Wildman–Crippen LogP) is 4.44. The van der Waals surface area contributed by atoms with Crippen molar-refractivity contribution in [3.63, 3.8) is 0 Å². The van der Waals surface area contributed by atoms with Crippen LogP contribution in [0.3, 0.4) is 0 Å². The maximum absolute atomic E-state index is 13.5. The van der Waals surface area contributed by atoms with Crippen LogP contribution in [0, 0.1) is 6.92 Å². The lowest BCUT2D eigenvalue weighted by Crippen LogP contribution is -2.50. The largest absolute Gasteiger partial charge is 0.500 e. The molecule has 0 saturated carbocycles. The molecular formula is C24H34N2O5S. The highest BCUT2D eigenvalue weighted by molar-refractivity contribution is 7.86. The second-order valence-corrected chi connectivity index (χ2v) is 9.57. The molecule has 2 heterocycles. The van der Waals surface area contributed by atoms with E-state index >= 15 is 0 Å². The molecule has 2 atom stereocenters.